The van der Waals surface area contributed by atoms with E-state index in [4.69, 9.17) is 32.7 Å². The molecule has 1 aromatic heterocycles. The predicted molar refractivity (Wildman–Crippen MR) is 110 cm³/mol. The minimum Gasteiger partial charge on any atom is -0.484 e. The van der Waals surface area contributed by atoms with Crippen molar-refractivity contribution in [1.29, 1.82) is 0 Å². The summed E-state index contributed by atoms with van der Waals surface area (Å²) in [5.41, 5.74) is -2.28. The van der Waals surface area contributed by atoms with Crippen LogP contribution < -0.4 is 20.1 Å². The van der Waals surface area contributed by atoms with Crippen molar-refractivity contribution in [2.75, 3.05) is 13.2 Å². The predicted octanol–water partition coefficient (Wildman–Crippen LogP) is 3.17. The van der Waals surface area contributed by atoms with E-state index in [2.05, 4.69) is 20.6 Å². The van der Waals surface area contributed by atoms with Crippen molar-refractivity contribution in [3.8, 4) is 11.6 Å². The number of nitrogens with one attached hydrogen (secondary N) is 2. The minimum absolute atomic E-state index is 0.209. The molecule has 4 rings (SSSR count). The van der Waals surface area contributed by atoms with Crippen LogP contribution in [0.25, 0.3) is 0 Å². The zero-order chi connectivity index (χ0) is 23.9. The molecule has 2 N–H and O–H groups in total. The number of carbonyl (C=O) groups excluding carboxylic acids is 2. The highest BCUT2D eigenvalue weighted by Crippen LogP contribution is 2.63. The van der Waals surface area contributed by atoms with Crippen molar-refractivity contribution < 1.29 is 32.2 Å². The van der Waals surface area contributed by atoms with Gasteiger partial charge in [0.15, 0.2) is 18.9 Å². The van der Waals surface area contributed by atoms with Crippen molar-refractivity contribution >= 4 is 35.0 Å². The molecular formula is C20H17Cl2F3N4O4. The maximum atomic E-state index is 12.5. The minimum atomic E-state index is -4.61. The fraction of sp³-hybridized carbons (Fsp3) is 0.400. The Labute approximate surface area is 195 Å². The van der Waals surface area contributed by atoms with Crippen molar-refractivity contribution in [2.45, 2.75) is 36.5 Å². The first-order valence-electron chi connectivity index (χ1n) is 9.74. The normalized spacial score (nSPS) is 23.1. The molecule has 0 bridgehead atoms. The van der Waals surface area contributed by atoms with Crippen LogP contribution in [0.5, 0.6) is 11.6 Å². The van der Waals surface area contributed by atoms with Crippen molar-refractivity contribution in [3.05, 3.63) is 46.3 Å². The summed E-state index contributed by atoms with van der Waals surface area (Å²) >= 11 is 11.8. The van der Waals surface area contributed by atoms with E-state index in [0.29, 0.717) is 41.3 Å². The molecule has 2 fully saturated rings. The van der Waals surface area contributed by atoms with E-state index in [1.54, 1.807) is 12.1 Å². The van der Waals surface area contributed by atoms with E-state index in [1.165, 1.54) is 6.07 Å². The third-order valence-electron chi connectivity index (χ3n) is 5.66. The maximum absolute atomic E-state index is 12.5. The summed E-state index contributed by atoms with van der Waals surface area (Å²) in [6, 6.07) is 4.65. The second-order valence-corrected chi connectivity index (χ2v) is 8.64. The fourth-order valence-electron chi connectivity index (χ4n) is 3.83. The SMILES string of the molecule is O=C(COc1ccc(Cl)c(Cl)c1)NC12CCC1(NC(=O)COc1cnc(C(F)(F)F)cn1)C2. The van der Waals surface area contributed by atoms with Crippen LogP contribution in [0.3, 0.4) is 0 Å². The highest BCUT2D eigenvalue weighted by Gasteiger charge is 2.75. The molecule has 1 aromatic carbocycles. The van der Waals surface area contributed by atoms with E-state index < -0.39 is 35.5 Å². The zero-order valence-electron chi connectivity index (χ0n) is 16.8. The van der Waals surface area contributed by atoms with Crippen LogP contribution in [0, 0.1) is 0 Å². The van der Waals surface area contributed by atoms with Gasteiger partial charge in [-0.2, -0.15) is 13.2 Å². The number of nitrogens with zero attached hydrogens (tertiary/aromatic N) is 2. The van der Waals surface area contributed by atoms with Crippen LogP contribution in [-0.2, 0) is 15.8 Å². The number of amides is 2. The van der Waals surface area contributed by atoms with Gasteiger partial charge >= 0.3 is 6.18 Å². The molecule has 2 amide bonds. The fourth-order valence-corrected chi connectivity index (χ4v) is 4.12. The van der Waals surface area contributed by atoms with Crippen LogP contribution in [0.4, 0.5) is 13.2 Å². The molecule has 1 heterocycles. The molecule has 0 spiro atoms. The number of benzene rings is 1. The molecule has 2 aromatic rings. The summed E-state index contributed by atoms with van der Waals surface area (Å²) < 4.78 is 48.0. The van der Waals surface area contributed by atoms with E-state index in [0.717, 1.165) is 6.20 Å². The summed E-state index contributed by atoms with van der Waals surface area (Å²) in [6.45, 7) is -0.689. The first kappa shape index (κ1) is 23.4. The molecule has 0 radical (unpaired) electrons. The Morgan fingerprint density at radius 2 is 1.61 bits per heavy atom. The molecule has 2 aliphatic carbocycles. The maximum Gasteiger partial charge on any atom is 0.434 e. The smallest absolute Gasteiger partial charge is 0.434 e. The summed E-state index contributed by atoms with van der Waals surface area (Å²) in [6.07, 6.45) is -1.36. The van der Waals surface area contributed by atoms with Gasteiger partial charge in [-0.05, 0) is 31.4 Å². The van der Waals surface area contributed by atoms with Crippen molar-refractivity contribution in [3.63, 3.8) is 0 Å². The number of aromatic nitrogens is 2. The topological polar surface area (TPSA) is 102 Å². The summed E-state index contributed by atoms with van der Waals surface area (Å²) in [7, 11) is 0. The molecule has 13 heteroatoms. The number of alkyl halides is 3. The quantitative estimate of drug-likeness (QED) is 0.572. The number of carbonyl (C=O) groups is 2. The molecule has 8 nitrogen and oxygen atoms in total. The number of halogens is 5. The highest BCUT2D eigenvalue weighted by atomic mass is 35.5. The zero-order valence-corrected chi connectivity index (χ0v) is 18.4. The van der Waals surface area contributed by atoms with Gasteiger partial charge in [0.05, 0.1) is 33.5 Å². The lowest BCUT2D eigenvalue weighted by Crippen LogP contribution is -2.59. The second kappa shape index (κ2) is 8.53. The average Bonchev–Trinajstić information content (AvgIpc) is 3.19. The van der Waals surface area contributed by atoms with Gasteiger partial charge < -0.3 is 20.1 Å². The van der Waals surface area contributed by atoms with E-state index >= 15 is 0 Å². The number of hydrogen-bond acceptors (Lipinski definition) is 6. The molecule has 33 heavy (non-hydrogen) atoms. The number of fused-ring (bicyclic) bond motifs is 1. The Balaban J connectivity index is 1.23. The monoisotopic (exact) mass is 504 g/mol. The molecule has 2 saturated carbocycles. The number of hydrogen-bond donors (Lipinski definition) is 2. The summed E-state index contributed by atoms with van der Waals surface area (Å²) in [5.74, 6) is -0.656. The van der Waals surface area contributed by atoms with E-state index in [-0.39, 0.29) is 18.4 Å². The van der Waals surface area contributed by atoms with Crippen molar-refractivity contribution in [2.24, 2.45) is 0 Å². The number of ether oxygens (including phenoxy) is 2. The van der Waals surface area contributed by atoms with Crippen LogP contribution in [0.1, 0.15) is 25.0 Å². The van der Waals surface area contributed by atoms with Crippen LogP contribution >= 0.6 is 23.2 Å². The molecule has 0 saturated heterocycles. The largest absolute Gasteiger partial charge is 0.484 e. The molecule has 176 valence electrons. The lowest BCUT2D eigenvalue weighted by Gasteiger charge is -2.36. The van der Waals surface area contributed by atoms with Crippen LogP contribution in [0.15, 0.2) is 30.6 Å². The van der Waals surface area contributed by atoms with Gasteiger partial charge in [-0.25, -0.2) is 9.97 Å². The second-order valence-electron chi connectivity index (χ2n) is 7.83. The molecule has 2 atom stereocenters. The number of rotatable bonds is 8. The lowest BCUT2D eigenvalue weighted by molar-refractivity contribution is -0.141. The van der Waals surface area contributed by atoms with Crippen LogP contribution in [0.2, 0.25) is 10.0 Å². The van der Waals surface area contributed by atoms with Crippen molar-refractivity contribution in [1.82, 2.24) is 20.6 Å². The first-order valence-corrected chi connectivity index (χ1v) is 10.5. The third-order valence-corrected chi connectivity index (χ3v) is 6.40. The Morgan fingerprint density at radius 1 is 0.970 bits per heavy atom. The lowest BCUT2D eigenvalue weighted by atomic mass is 9.86. The highest BCUT2D eigenvalue weighted by molar-refractivity contribution is 6.42. The summed E-state index contributed by atoms with van der Waals surface area (Å²) in [4.78, 5) is 31.3. The first-order chi connectivity index (χ1) is 15.5. The Bertz CT molecular complexity index is 1090. The third kappa shape index (κ3) is 4.93. The Hall–Kier alpha value is -2.79. The average molecular weight is 505 g/mol. The standard InChI is InChI=1S/C20H17Cl2F3N4O4/c21-12-2-1-11(5-13(12)22)32-8-15(30)28-18-3-4-19(18,10-18)29-16(31)9-33-17-7-26-14(6-27-17)20(23,24)25/h1-2,5-7H,3-4,8-10H2,(H,28,30)(H,29,31). The van der Waals surface area contributed by atoms with Gasteiger partial charge in [-0.1, -0.05) is 23.2 Å². The van der Waals surface area contributed by atoms with E-state index in [9.17, 15) is 22.8 Å². The van der Waals surface area contributed by atoms with Crippen LogP contribution in [-0.4, -0.2) is 46.1 Å². The van der Waals surface area contributed by atoms with Gasteiger partial charge in [0, 0.05) is 6.07 Å². The molecule has 2 unspecified atom stereocenters. The van der Waals surface area contributed by atoms with Gasteiger partial charge in [0.25, 0.3) is 11.8 Å². The molecular weight excluding hydrogens is 488 g/mol. The Morgan fingerprint density at radius 3 is 2.12 bits per heavy atom. The van der Waals surface area contributed by atoms with Gasteiger partial charge in [0.2, 0.25) is 5.88 Å². The molecule has 2 aliphatic rings. The Kier molecular flexibility index (Phi) is 6.04. The molecule has 0 aliphatic heterocycles. The summed E-state index contributed by atoms with van der Waals surface area (Å²) in [5, 5.41) is 6.40. The van der Waals surface area contributed by atoms with Gasteiger partial charge in [0.1, 0.15) is 5.75 Å². The van der Waals surface area contributed by atoms with E-state index in [1.807, 2.05) is 0 Å². The van der Waals surface area contributed by atoms with Gasteiger partial charge in [-0.3, -0.25) is 9.59 Å². The van der Waals surface area contributed by atoms with Gasteiger partial charge in [-0.15, -0.1) is 0 Å².